The molecule has 1 atom stereocenters. The maximum Gasteiger partial charge on any atom is 0.00509 e. The molecule has 1 heteroatoms. The minimum atomic E-state index is 0.219. The summed E-state index contributed by atoms with van der Waals surface area (Å²) in [6.45, 7) is 12.6. The van der Waals surface area contributed by atoms with Crippen molar-refractivity contribution in [1.82, 2.24) is 0 Å². The Morgan fingerprint density at radius 3 is 2.00 bits per heavy atom. The first-order valence-corrected chi connectivity index (χ1v) is 8.36. The molecule has 2 N–H and O–H groups in total. The Morgan fingerprint density at radius 2 is 1.50 bits per heavy atom. The maximum atomic E-state index is 5.90. The summed E-state index contributed by atoms with van der Waals surface area (Å²) in [5.74, 6) is 0. The van der Waals surface area contributed by atoms with Crippen molar-refractivity contribution in [2.45, 2.75) is 60.4 Å². The lowest BCUT2D eigenvalue weighted by atomic mass is 9.92. The number of rotatable bonds is 4. The summed E-state index contributed by atoms with van der Waals surface area (Å²) in [5.41, 5.74) is 14.2. The monoisotopic (exact) mass is 297 g/mol. The molecule has 1 nitrogen and oxygen atoms in total. The summed E-state index contributed by atoms with van der Waals surface area (Å²) >= 11 is 0. The van der Waals surface area contributed by atoms with Gasteiger partial charge in [-0.05, 0) is 68.4 Å². The fraction of sp³-hybridized carbons (Fsp3) is 0.429. The Balaban J connectivity index is 0.00000116. The van der Waals surface area contributed by atoms with E-state index in [0.29, 0.717) is 0 Å². The maximum absolute atomic E-state index is 5.90. The van der Waals surface area contributed by atoms with E-state index in [1.165, 1.54) is 33.4 Å². The van der Waals surface area contributed by atoms with Crippen LogP contribution in [0.2, 0.25) is 0 Å². The normalized spacial score (nSPS) is 11.6. The van der Waals surface area contributed by atoms with Crippen molar-refractivity contribution in [2.24, 2.45) is 5.73 Å². The van der Waals surface area contributed by atoms with Gasteiger partial charge in [0.1, 0.15) is 0 Å². The Bertz CT molecular complexity index is 574. The number of nitrogens with two attached hydrogens (primary N) is 1. The van der Waals surface area contributed by atoms with Crippen LogP contribution in [-0.2, 0) is 12.8 Å². The van der Waals surface area contributed by atoms with Gasteiger partial charge >= 0.3 is 0 Å². The molecular weight excluding hydrogens is 266 g/mol. The minimum Gasteiger partial charge on any atom is -0.328 e. The van der Waals surface area contributed by atoms with Gasteiger partial charge in [0, 0.05) is 6.04 Å². The molecule has 0 aliphatic rings. The molecule has 0 saturated heterocycles. The third-order valence-corrected chi connectivity index (χ3v) is 3.78. The van der Waals surface area contributed by atoms with Crippen LogP contribution in [0, 0.1) is 20.8 Å². The molecule has 0 amide bonds. The number of hydrogen-bond acceptors (Lipinski definition) is 1. The quantitative estimate of drug-likeness (QED) is 0.833. The molecule has 0 saturated carbocycles. The standard InChI is InChI=1S/C19H25N.C2H6/c1-13-6-5-7-17(8-13)12-19-14(2)9-18(10-15(19)3)11-16(4)20;1-2/h5-10,16H,11-12,20H2,1-4H3;1-2H3/t16-;/m0./s1. The second kappa shape index (κ2) is 8.75. The molecule has 0 fully saturated rings. The fourth-order valence-corrected chi connectivity index (χ4v) is 2.88. The first-order chi connectivity index (χ1) is 10.5. The molecule has 0 aliphatic heterocycles. The van der Waals surface area contributed by atoms with Gasteiger partial charge in [-0.15, -0.1) is 0 Å². The molecule has 2 aromatic carbocycles. The molecule has 0 aromatic heterocycles. The van der Waals surface area contributed by atoms with E-state index in [0.717, 1.165) is 12.8 Å². The molecule has 0 unspecified atom stereocenters. The molecule has 0 radical (unpaired) electrons. The molecule has 0 heterocycles. The van der Waals surface area contributed by atoms with Crippen molar-refractivity contribution in [3.05, 3.63) is 69.8 Å². The van der Waals surface area contributed by atoms with Crippen LogP contribution in [0.25, 0.3) is 0 Å². The van der Waals surface area contributed by atoms with Gasteiger partial charge in [-0.2, -0.15) is 0 Å². The van der Waals surface area contributed by atoms with Crippen LogP contribution < -0.4 is 5.73 Å². The van der Waals surface area contributed by atoms with Crippen LogP contribution in [0.4, 0.5) is 0 Å². The summed E-state index contributed by atoms with van der Waals surface area (Å²) in [6, 6.07) is 13.6. The van der Waals surface area contributed by atoms with Crippen molar-refractivity contribution < 1.29 is 0 Å². The highest BCUT2D eigenvalue weighted by Crippen LogP contribution is 2.21. The van der Waals surface area contributed by atoms with Crippen LogP contribution in [0.1, 0.15) is 54.2 Å². The van der Waals surface area contributed by atoms with Crippen molar-refractivity contribution in [3.63, 3.8) is 0 Å². The number of hydrogen-bond donors (Lipinski definition) is 1. The van der Waals surface area contributed by atoms with Gasteiger partial charge in [0.15, 0.2) is 0 Å². The summed E-state index contributed by atoms with van der Waals surface area (Å²) in [7, 11) is 0. The summed E-state index contributed by atoms with van der Waals surface area (Å²) < 4.78 is 0. The first kappa shape index (κ1) is 18.4. The molecule has 0 bridgehead atoms. The summed E-state index contributed by atoms with van der Waals surface area (Å²) in [5, 5.41) is 0. The third-order valence-electron chi connectivity index (χ3n) is 3.78. The molecular formula is C21H31N. The number of aryl methyl sites for hydroxylation is 3. The summed E-state index contributed by atoms with van der Waals surface area (Å²) in [4.78, 5) is 0. The average molecular weight is 297 g/mol. The summed E-state index contributed by atoms with van der Waals surface area (Å²) in [6.07, 6.45) is 1.96. The zero-order chi connectivity index (χ0) is 16.7. The van der Waals surface area contributed by atoms with Gasteiger partial charge in [-0.3, -0.25) is 0 Å². The third kappa shape index (κ3) is 5.31. The lowest BCUT2D eigenvalue weighted by molar-refractivity contribution is 0.736. The smallest absolute Gasteiger partial charge is 0.00509 e. The Hall–Kier alpha value is -1.60. The highest BCUT2D eigenvalue weighted by molar-refractivity contribution is 5.41. The fourth-order valence-electron chi connectivity index (χ4n) is 2.88. The topological polar surface area (TPSA) is 26.0 Å². The molecule has 2 aromatic rings. The SMILES string of the molecule is CC.Cc1cccc(Cc2c(C)cc(C[C@H](C)N)cc2C)c1. The van der Waals surface area contributed by atoms with Crippen molar-refractivity contribution in [1.29, 1.82) is 0 Å². The van der Waals surface area contributed by atoms with Gasteiger partial charge in [-0.25, -0.2) is 0 Å². The van der Waals surface area contributed by atoms with E-state index in [1.54, 1.807) is 0 Å². The highest BCUT2D eigenvalue weighted by Gasteiger charge is 2.07. The van der Waals surface area contributed by atoms with Gasteiger partial charge in [0.05, 0.1) is 0 Å². The Kier molecular flexibility index (Phi) is 7.34. The minimum absolute atomic E-state index is 0.219. The Labute approximate surface area is 136 Å². The molecule has 0 spiro atoms. The van der Waals surface area contributed by atoms with Crippen LogP contribution in [0.15, 0.2) is 36.4 Å². The first-order valence-electron chi connectivity index (χ1n) is 8.36. The zero-order valence-electron chi connectivity index (χ0n) is 15.0. The van der Waals surface area contributed by atoms with E-state index in [4.69, 9.17) is 5.73 Å². The van der Waals surface area contributed by atoms with Gasteiger partial charge in [0.2, 0.25) is 0 Å². The second-order valence-electron chi connectivity index (χ2n) is 6.06. The van der Waals surface area contributed by atoms with E-state index in [2.05, 4.69) is 64.1 Å². The molecule has 0 aliphatic carbocycles. The zero-order valence-corrected chi connectivity index (χ0v) is 15.0. The van der Waals surface area contributed by atoms with Gasteiger partial charge < -0.3 is 5.73 Å². The lowest BCUT2D eigenvalue weighted by Crippen LogP contribution is -2.18. The number of benzene rings is 2. The predicted molar refractivity (Wildman–Crippen MR) is 98.6 cm³/mol. The Morgan fingerprint density at radius 1 is 0.909 bits per heavy atom. The van der Waals surface area contributed by atoms with Crippen LogP contribution in [-0.4, -0.2) is 6.04 Å². The highest BCUT2D eigenvalue weighted by atomic mass is 14.6. The van der Waals surface area contributed by atoms with Crippen molar-refractivity contribution in [3.8, 4) is 0 Å². The largest absolute Gasteiger partial charge is 0.328 e. The van der Waals surface area contributed by atoms with Crippen LogP contribution in [0.5, 0.6) is 0 Å². The molecule has 22 heavy (non-hydrogen) atoms. The second-order valence-corrected chi connectivity index (χ2v) is 6.06. The van der Waals surface area contributed by atoms with E-state index in [1.807, 2.05) is 13.8 Å². The van der Waals surface area contributed by atoms with E-state index in [-0.39, 0.29) is 6.04 Å². The van der Waals surface area contributed by atoms with Gasteiger partial charge in [-0.1, -0.05) is 55.8 Å². The van der Waals surface area contributed by atoms with Gasteiger partial charge in [0.25, 0.3) is 0 Å². The van der Waals surface area contributed by atoms with Crippen LogP contribution in [0.3, 0.4) is 0 Å². The van der Waals surface area contributed by atoms with Crippen molar-refractivity contribution >= 4 is 0 Å². The molecule has 2 rings (SSSR count). The van der Waals surface area contributed by atoms with Crippen molar-refractivity contribution in [2.75, 3.05) is 0 Å². The lowest BCUT2D eigenvalue weighted by Gasteiger charge is -2.14. The average Bonchev–Trinajstić information content (AvgIpc) is 2.44. The predicted octanol–water partition coefficient (Wildman–Crippen LogP) is 5.12. The van der Waals surface area contributed by atoms with E-state index >= 15 is 0 Å². The van der Waals surface area contributed by atoms with Crippen LogP contribution >= 0.6 is 0 Å². The van der Waals surface area contributed by atoms with E-state index < -0.39 is 0 Å². The molecule has 120 valence electrons. The van der Waals surface area contributed by atoms with E-state index in [9.17, 15) is 0 Å².